The van der Waals surface area contributed by atoms with Gasteiger partial charge in [-0.3, -0.25) is 4.79 Å². The summed E-state index contributed by atoms with van der Waals surface area (Å²) in [4.78, 5) is 15.1. The van der Waals surface area contributed by atoms with Gasteiger partial charge in [0, 0.05) is 23.2 Å². The first-order valence-corrected chi connectivity index (χ1v) is 9.59. The van der Waals surface area contributed by atoms with Gasteiger partial charge in [-0.15, -0.1) is 11.3 Å². The Balaban J connectivity index is 1.71. The minimum atomic E-state index is -0.337. The highest BCUT2D eigenvalue weighted by atomic mass is 35.5. The van der Waals surface area contributed by atoms with Crippen LogP contribution in [0.5, 0.6) is 0 Å². The van der Waals surface area contributed by atoms with E-state index in [0.29, 0.717) is 26.5 Å². The molecule has 0 radical (unpaired) electrons. The summed E-state index contributed by atoms with van der Waals surface area (Å²) in [5.41, 5.74) is 2.24. The average Bonchev–Trinajstić information content (AvgIpc) is 2.96. The van der Waals surface area contributed by atoms with Crippen molar-refractivity contribution in [3.05, 3.63) is 69.3 Å². The Morgan fingerprint density at radius 1 is 1.23 bits per heavy atom. The minimum absolute atomic E-state index is 0.243. The molecule has 1 N–H and O–H groups in total. The van der Waals surface area contributed by atoms with Crippen molar-refractivity contribution in [1.29, 1.82) is 0 Å². The molecule has 136 valence electrons. The largest absolute Gasteiger partial charge is 0.347 e. The Bertz CT molecular complexity index is 941. The number of benzene rings is 2. The normalized spacial score (nSPS) is 11.3. The topological polar surface area (TPSA) is 32.3 Å². The van der Waals surface area contributed by atoms with E-state index in [1.807, 2.05) is 12.1 Å². The summed E-state index contributed by atoms with van der Waals surface area (Å²) in [6.45, 7) is 4.38. The van der Waals surface area contributed by atoms with Gasteiger partial charge < -0.3 is 10.2 Å². The van der Waals surface area contributed by atoms with Crippen LogP contribution in [0.4, 0.5) is 4.39 Å². The highest BCUT2D eigenvalue weighted by Gasteiger charge is 2.17. The predicted molar refractivity (Wildman–Crippen MR) is 106 cm³/mol. The Labute approximate surface area is 161 Å². The molecule has 26 heavy (non-hydrogen) atoms. The number of fused-ring (bicyclic) bond motifs is 1. The van der Waals surface area contributed by atoms with Crippen LogP contribution in [0.25, 0.3) is 10.1 Å². The molecule has 0 aliphatic carbocycles. The summed E-state index contributed by atoms with van der Waals surface area (Å²) in [7, 11) is 2.07. The molecule has 0 aliphatic heterocycles. The Kier molecular flexibility index (Phi) is 5.91. The molecule has 0 spiro atoms. The summed E-state index contributed by atoms with van der Waals surface area (Å²) in [5, 5.41) is 3.98. The van der Waals surface area contributed by atoms with Crippen molar-refractivity contribution in [2.45, 2.75) is 20.0 Å². The second-order valence-electron chi connectivity index (χ2n) is 6.22. The van der Waals surface area contributed by atoms with Gasteiger partial charge in [0.2, 0.25) is 0 Å². The molecular formula is C20H20ClFN2OS. The number of nitrogens with one attached hydrogen (secondary N) is 1. The van der Waals surface area contributed by atoms with Crippen LogP contribution in [-0.4, -0.2) is 24.4 Å². The summed E-state index contributed by atoms with van der Waals surface area (Å²) in [6, 6.07) is 12.5. The molecule has 1 amide bonds. The fourth-order valence-corrected chi connectivity index (χ4v) is 4.17. The molecule has 0 aliphatic rings. The smallest absolute Gasteiger partial charge is 0.263 e. The lowest BCUT2D eigenvalue weighted by Crippen LogP contribution is -2.22. The summed E-state index contributed by atoms with van der Waals surface area (Å²) in [5.74, 6) is -0.580. The lowest BCUT2D eigenvalue weighted by molar-refractivity contribution is 0.0955. The summed E-state index contributed by atoms with van der Waals surface area (Å²) < 4.78 is 14.0. The molecule has 1 aromatic heterocycles. The van der Waals surface area contributed by atoms with E-state index >= 15 is 0 Å². The summed E-state index contributed by atoms with van der Waals surface area (Å²) >= 11 is 7.51. The molecule has 0 unspecified atom stereocenters. The third kappa shape index (κ3) is 4.23. The molecule has 6 heteroatoms. The molecule has 0 atom stereocenters. The van der Waals surface area contributed by atoms with Gasteiger partial charge in [0.05, 0.1) is 5.02 Å². The number of amides is 1. The van der Waals surface area contributed by atoms with Crippen molar-refractivity contribution in [3.63, 3.8) is 0 Å². The number of carbonyl (C=O) groups is 1. The Morgan fingerprint density at radius 2 is 2.00 bits per heavy atom. The van der Waals surface area contributed by atoms with Crippen molar-refractivity contribution in [1.82, 2.24) is 10.2 Å². The van der Waals surface area contributed by atoms with Gasteiger partial charge in [0.15, 0.2) is 0 Å². The highest BCUT2D eigenvalue weighted by molar-refractivity contribution is 7.21. The van der Waals surface area contributed by atoms with Crippen molar-refractivity contribution >= 4 is 38.9 Å². The maximum Gasteiger partial charge on any atom is 0.263 e. The molecule has 2 aromatic carbocycles. The van der Waals surface area contributed by atoms with Crippen LogP contribution in [0, 0.1) is 5.82 Å². The number of nitrogens with zero attached hydrogens (tertiary/aromatic N) is 1. The van der Waals surface area contributed by atoms with E-state index in [4.69, 9.17) is 11.6 Å². The van der Waals surface area contributed by atoms with Crippen molar-refractivity contribution in [2.24, 2.45) is 0 Å². The van der Waals surface area contributed by atoms with E-state index in [2.05, 4.69) is 36.3 Å². The van der Waals surface area contributed by atoms with E-state index < -0.39 is 0 Å². The third-order valence-corrected chi connectivity index (χ3v) is 5.89. The van der Waals surface area contributed by atoms with E-state index in [-0.39, 0.29) is 11.7 Å². The molecule has 0 bridgehead atoms. The van der Waals surface area contributed by atoms with E-state index in [9.17, 15) is 9.18 Å². The minimum Gasteiger partial charge on any atom is -0.347 e. The first-order valence-electron chi connectivity index (χ1n) is 8.40. The maximum atomic E-state index is 13.4. The van der Waals surface area contributed by atoms with Crippen LogP contribution >= 0.6 is 22.9 Å². The number of hydrogen-bond donors (Lipinski definition) is 1. The lowest BCUT2D eigenvalue weighted by Gasteiger charge is -2.14. The molecular weight excluding hydrogens is 371 g/mol. The third-order valence-electron chi connectivity index (χ3n) is 4.23. The van der Waals surface area contributed by atoms with Gasteiger partial charge in [0.1, 0.15) is 10.7 Å². The van der Waals surface area contributed by atoms with Gasteiger partial charge in [-0.05, 0) is 42.9 Å². The monoisotopic (exact) mass is 390 g/mol. The molecule has 3 rings (SSSR count). The molecule has 0 saturated heterocycles. The molecule has 0 fully saturated rings. The Morgan fingerprint density at radius 3 is 2.77 bits per heavy atom. The van der Waals surface area contributed by atoms with Crippen molar-refractivity contribution in [2.75, 3.05) is 13.6 Å². The molecule has 3 nitrogen and oxygen atoms in total. The van der Waals surface area contributed by atoms with Crippen LogP contribution in [0.3, 0.4) is 0 Å². The van der Waals surface area contributed by atoms with E-state index in [1.54, 1.807) is 6.07 Å². The van der Waals surface area contributed by atoms with Gasteiger partial charge in [-0.25, -0.2) is 4.39 Å². The van der Waals surface area contributed by atoms with Gasteiger partial charge >= 0.3 is 0 Å². The molecule has 1 heterocycles. The zero-order chi connectivity index (χ0) is 18.7. The number of rotatable bonds is 6. The van der Waals surface area contributed by atoms with Crippen LogP contribution in [0.2, 0.25) is 5.02 Å². The number of carbonyl (C=O) groups excluding carboxylic acids is 1. The fraction of sp³-hybridized carbons (Fsp3) is 0.250. The number of thiophene rings is 1. The van der Waals surface area contributed by atoms with Crippen LogP contribution in [0.1, 0.15) is 27.7 Å². The highest BCUT2D eigenvalue weighted by Crippen LogP contribution is 2.35. The summed E-state index contributed by atoms with van der Waals surface area (Å²) in [6.07, 6.45) is 0. The van der Waals surface area contributed by atoms with E-state index in [0.717, 1.165) is 18.7 Å². The molecule has 3 aromatic rings. The first-order chi connectivity index (χ1) is 12.5. The second kappa shape index (κ2) is 8.16. The Hall–Kier alpha value is -1.95. The van der Waals surface area contributed by atoms with Crippen molar-refractivity contribution in [3.8, 4) is 0 Å². The van der Waals surface area contributed by atoms with E-state index in [1.165, 1.54) is 29.0 Å². The quantitative estimate of drug-likeness (QED) is 0.636. The standard InChI is InChI=1S/C20H20ClFN2OS/c1-3-24(2)12-14-6-4-5-13(9-14)11-23-20(25)19-18(21)16-8-7-15(22)10-17(16)26-19/h4-10H,3,11-12H2,1-2H3,(H,23,25). The van der Waals surface area contributed by atoms with Gasteiger partial charge in [-0.1, -0.05) is 42.8 Å². The van der Waals surface area contributed by atoms with Crippen LogP contribution in [0.15, 0.2) is 42.5 Å². The maximum absolute atomic E-state index is 13.4. The fourth-order valence-electron chi connectivity index (χ4n) is 2.71. The van der Waals surface area contributed by atoms with Crippen LogP contribution < -0.4 is 5.32 Å². The number of hydrogen-bond acceptors (Lipinski definition) is 3. The first kappa shape index (κ1) is 18.8. The second-order valence-corrected chi connectivity index (χ2v) is 7.65. The van der Waals surface area contributed by atoms with Crippen molar-refractivity contribution < 1.29 is 9.18 Å². The molecule has 0 saturated carbocycles. The van der Waals surface area contributed by atoms with Gasteiger partial charge in [-0.2, -0.15) is 0 Å². The van der Waals surface area contributed by atoms with Crippen LogP contribution in [-0.2, 0) is 13.1 Å². The average molecular weight is 391 g/mol. The zero-order valence-corrected chi connectivity index (χ0v) is 16.3. The number of halogens is 2. The lowest BCUT2D eigenvalue weighted by atomic mass is 10.1. The predicted octanol–water partition coefficient (Wildman–Crippen LogP) is 5.08. The SMILES string of the molecule is CCN(C)Cc1cccc(CNC(=O)c2sc3cc(F)ccc3c2Cl)c1. The van der Waals surface area contributed by atoms with Gasteiger partial charge in [0.25, 0.3) is 5.91 Å². The zero-order valence-electron chi connectivity index (χ0n) is 14.7.